The van der Waals surface area contributed by atoms with Crippen molar-refractivity contribution in [3.05, 3.63) is 40.4 Å². The molecule has 0 aliphatic heterocycles. The summed E-state index contributed by atoms with van der Waals surface area (Å²) in [4.78, 5) is 13.8. The first-order valence-electron chi connectivity index (χ1n) is 3.44. The molecule has 0 amide bonds. The third kappa shape index (κ3) is 0.852. The molecule has 0 radical (unpaired) electrons. The predicted octanol–water partition coefficient (Wildman–Crippen LogP) is 0.936. The van der Waals surface area contributed by atoms with Crippen molar-refractivity contribution in [1.29, 1.82) is 0 Å². The third-order valence-electron chi connectivity index (χ3n) is 1.71. The van der Waals surface area contributed by atoms with Crippen LogP contribution in [-0.2, 0) is 0 Å². The van der Waals surface area contributed by atoms with E-state index in [1.54, 1.807) is 6.92 Å². The fourth-order valence-electron chi connectivity index (χ4n) is 1.09. The summed E-state index contributed by atoms with van der Waals surface area (Å²) in [5.41, 5.74) is 1.55. The van der Waals surface area contributed by atoms with Gasteiger partial charge in [0.05, 0.1) is 0 Å². The fourth-order valence-corrected chi connectivity index (χ4v) is 1.09. The molecule has 0 saturated carbocycles. The Morgan fingerprint density at radius 3 is 3.18 bits per heavy atom. The molecule has 3 nitrogen and oxygen atoms in total. The molecule has 0 unspecified atom stereocenters. The lowest BCUT2D eigenvalue weighted by Crippen LogP contribution is -2.10. The number of aromatic nitrogens is 2. The van der Waals surface area contributed by atoms with Gasteiger partial charge in [0.25, 0.3) is 5.56 Å². The molecule has 2 heterocycles. The van der Waals surface area contributed by atoms with Gasteiger partial charge in [-0.1, -0.05) is 0 Å². The average molecular weight is 148 g/mol. The summed E-state index contributed by atoms with van der Waals surface area (Å²) in [7, 11) is 0. The van der Waals surface area contributed by atoms with Crippen molar-refractivity contribution in [3.8, 4) is 0 Å². The normalized spacial score (nSPS) is 10.6. The summed E-state index contributed by atoms with van der Waals surface area (Å²) < 4.78 is 1.89. The summed E-state index contributed by atoms with van der Waals surface area (Å²) in [6, 6.07) is 3.76. The van der Waals surface area contributed by atoms with Gasteiger partial charge in [0.15, 0.2) is 0 Å². The average Bonchev–Trinajstić information content (AvgIpc) is 2.36. The number of nitrogens with one attached hydrogen (secondary N) is 1. The Hall–Kier alpha value is -1.51. The minimum atomic E-state index is -0.0174. The van der Waals surface area contributed by atoms with Crippen LogP contribution in [-0.4, -0.2) is 9.38 Å². The molecule has 0 aliphatic rings. The monoisotopic (exact) mass is 148 g/mol. The molecule has 2 rings (SSSR count). The van der Waals surface area contributed by atoms with Crippen LogP contribution in [0, 0.1) is 6.92 Å². The molecule has 1 N–H and O–H groups in total. The second-order valence-corrected chi connectivity index (χ2v) is 2.57. The minimum Gasteiger partial charge on any atom is -0.310 e. The second kappa shape index (κ2) is 1.99. The Kier molecular flexibility index (Phi) is 1.12. The van der Waals surface area contributed by atoms with Crippen molar-refractivity contribution in [2.24, 2.45) is 0 Å². The van der Waals surface area contributed by atoms with Gasteiger partial charge in [-0.25, -0.2) is 0 Å². The molecule has 56 valence electrons. The van der Waals surface area contributed by atoms with Gasteiger partial charge in [0, 0.05) is 18.0 Å². The molecule has 0 aliphatic carbocycles. The van der Waals surface area contributed by atoms with E-state index < -0.39 is 0 Å². The van der Waals surface area contributed by atoms with Crippen LogP contribution in [0.25, 0.3) is 5.65 Å². The molecule has 0 atom stereocenters. The van der Waals surface area contributed by atoms with Gasteiger partial charge in [-0.2, -0.15) is 0 Å². The highest BCUT2D eigenvalue weighted by atomic mass is 16.1. The van der Waals surface area contributed by atoms with Gasteiger partial charge in [-0.3, -0.25) is 4.79 Å². The SMILES string of the molecule is Cc1cn2cccc2[nH]c1=O. The number of hydrogen-bond donors (Lipinski definition) is 1. The standard InChI is InChI=1S/C8H8N2O/c1-6-5-10-4-2-3-7(10)9-8(6)11/h2-5H,1H3,(H,9,11). The minimum absolute atomic E-state index is 0.0174. The van der Waals surface area contributed by atoms with Crippen LogP contribution >= 0.6 is 0 Å². The van der Waals surface area contributed by atoms with E-state index in [0.717, 1.165) is 11.2 Å². The Bertz CT molecular complexity index is 439. The number of fused-ring (bicyclic) bond motifs is 1. The molecule has 2 aromatic rings. The quantitative estimate of drug-likeness (QED) is 0.593. The van der Waals surface area contributed by atoms with Crippen molar-refractivity contribution >= 4 is 5.65 Å². The Morgan fingerprint density at radius 2 is 2.36 bits per heavy atom. The largest absolute Gasteiger partial charge is 0.310 e. The highest BCUT2D eigenvalue weighted by Crippen LogP contribution is 1.97. The summed E-state index contributed by atoms with van der Waals surface area (Å²) >= 11 is 0. The van der Waals surface area contributed by atoms with E-state index in [-0.39, 0.29) is 5.56 Å². The molecule has 0 aromatic carbocycles. The summed E-state index contributed by atoms with van der Waals surface area (Å²) in [6.07, 6.45) is 3.71. The van der Waals surface area contributed by atoms with Crippen molar-refractivity contribution in [1.82, 2.24) is 9.38 Å². The van der Waals surface area contributed by atoms with Crippen LogP contribution in [0.5, 0.6) is 0 Å². The fraction of sp³-hybridized carbons (Fsp3) is 0.125. The number of aryl methyl sites for hydroxylation is 1. The number of H-pyrrole nitrogens is 1. The first kappa shape index (κ1) is 6.22. The van der Waals surface area contributed by atoms with Crippen LogP contribution in [0.15, 0.2) is 29.3 Å². The maximum atomic E-state index is 11.1. The Morgan fingerprint density at radius 1 is 1.55 bits per heavy atom. The van der Waals surface area contributed by atoms with Crippen molar-refractivity contribution < 1.29 is 0 Å². The number of rotatable bonds is 0. The van der Waals surface area contributed by atoms with Gasteiger partial charge in [0.1, 0.15) is 5.65 Å². The zero-order valence-corrected chi connectivity index (χ0v) is 6.16. The highest BCUT2D eigenvalue weighted by Gasteiger charge is 1.94. The lowest BCUT2D eigenvalue weighted by molar-refractivity contribution is 1.06. The van der Waals surface area contributed by atoms with Crippen LogP contribution in [0.1, 0.15) is 5.56 Å². The van der Waals surface area contributed by atoms with Crippen molar-refractivity contribution in [3.63, 3.8) is 0 Å². The number of aromatic amines is 1. The van der Waals surface area contributed by atoms with Crippen LogP contribution in [0.4, 0.5) is 0 Å². The van der Waals surface area contributed by atoms with Crippen molar-refractivity contribution in [2.75, 3.05) is 0 Å². The van der Waals surface area contributed by atoms with Gasteiger partial charge in [-0.05, 0) is 19.1 Å². The lowest BCUT2D eigenvalue weighted by atomic mass is 10.4. The predicted molar refractivity (Wildman–Crippen MR) is 42.8 cm³/mol. The first-order chi connectivity index (χ1) is 5.27. The van der Waals surface area contributed by atoms with Gasteiger partial charge >= 0.3 is 0 Å². The van der Waals surface area contributed by atoms with E-state index in [2.05, 4.69) is 4.98 Å². The molecular weight excluding hydrogens is 140 g/mol. The molecule has 0 fully saturated rings. The molecule has 0 spiro atoms. The van der Waals surface area contributed by atoms with E-state index in [9.17, 15) is 4.79 Å². The highest BCUT2D eigenvalue weighted by molar-refractivity contribution is 5.38. The van der Waals surface area contributed by atoms with E-state index in [0.29, 0.717) is 0 Å². The Labute approximate surface area is 63.3 Å². The first-order valence-corrected chi connectivity index (χ1v) is 3.44. The van der Waals surface area contributed by atoms with Gasteiger partial charge in [0.2, 0.25) is 0 Å². The molecule has 2 aromatic heterocycles. The Balaban J connectivity index is 2.97. The van der Waals surface area contributed by atoms with Gasteiger partial charge in [-0.15, -0.1) is 0 Å². The maximum Gasteiger partial charge on any atom is 0.253 e. The third-order valence-corrected chi connectivity index (χ3v) is 1.71. The zero-order chi connectivity index (χ0) is 7.84. The molecule has 0 bridgehead atoms. The number of nitrogens with zero attached hydrogens (tertiary/aromatic N) is 1. The number of hydrogen-bond acceptors (Lipinski definition) is 1. The van der Waals surface area contributed by atoms with Crippen molar-refractivity contribution in [2.45, 2.75) is 6.92 Å². The molecule has 0 saturated heterocycles. The van der Waals surface area contributed by atoms with Crippen LogP contribution < -0.4 is 5.56 Å². The van der Waals surface area contributed by atoms with E-state index >= 15 is 0 Å². The maximum absolute atomic E-state index is 11.1. The zero-order valence-electron chi connectivity index (χ0n) is 6.16. The topological polar surface area (TPSA) is 37.3 Å². The molecule has 11 heavy (non-hydrogen) atoms. The van der Waals surface area contributed by atoms with E-state index in [4.69, 9.17) is 0 Å². The summed E-state index contributed by atoms with van der Waals surface area (Å²) in [5.74, 6) is 0. The van der Waals surface area contributed by atoms with Crippen LogP contribution in [0.3, 0.4) is 0 Å². The smallest absolute Gasteiger partial charge is 0.253 e. The molecular formula is C8H8N2O. The second-order valence-electron chi connectivity index (χ2n) is 2.57. The van der Waals surface area contributed by atoms with E-state index in [1.165, 1.54) is 0 Å². The van der Waals surface area contributed by atoms with Gasteiger partial charge < -0.3 is 9.38 Å². The van der Waals surface area contributed by atoms with Crippen LogP contribution in [0.2, 0.25) is 0 Å². The molecule has 3 heteroatoms. The lowest BCUT2D eigenvalue weighted by Gasteiger charge is -1.94. The summed E-state index contributed by atoms with van der Waals surface area (Å²) in [6.45, 7) is 1.79. The van der Waals surface area contributed by atoms with E-state index in [1.807, 2.05) is 28.9 Å². The summed E-state index contributed by atoms with van der Waals surface area (Å²) in [5, 5.41) is 0.